The number of fused-ring (bicyclic) bond motifs is 2. The van der Waals surface area contributed by atoms with Crippen LogP contribution in [0.4, 0.5) is 24.0 Å². The fraction of sp³-hybridized carbons (Fsp3) is 0.444. The molecule has 3 heterocycles. The van der Waals surface area contributed by atoms with Gasteiger partial charge in [0.05, 0.1) is 32.4 Å². The lowest BCUT2D eigenvalue weighted by Crippen LogP contribution is -2.35. The molecule has 0 fully saturated rings. The average Bonchev–Trinajstić information content (AvgIpc) is 3.53. The predicted octanol–water partition coefficient (Wildman–Crippen LogP) is 5.93. The molecule has 214 valence electrons. The van der Waals surface area contributed by atoms with Crippen LogP contribution in [0.2, 0.25) is 0 Å². The normalized spacial score (nSPS) is 18.2. The molecule has 2 N–H and O–H groups in total. The molecule has 0 spiro atoms. The number of aromatic nitrogens is 2. The lowest BCUT2D eigenvalue weighted by atomic mass is 9.95. The van der Waals surface area contributed by atoms with E-state index in [0.29, 0.717) is 34.0 Å². The summed E-state index contributed by atoms with van der Waals surface area (Å²) in [6, 6.07) is 3.52. The summed E-state index contributed by atoms with van der Waals surface area (Å²) in [5.74, 6) is -0.347. The fourth-order valence-corrected chi connectivity index (χ4v) is 6.49. The van der Waals surface area contributed by atoms with Gasteiger partial charge >= 0.3 is 12.1 Å². The van der Waals surface area contributed by atoms with E-state index in [9.17, 15) is 22.8 Å². The number of thiophene rings is 1. The van der Waals surface area contributed by atoms with E-state index >= 15 is 0 Å². The first-order valence-electron chi connectivity index (χ1n) is 12.9. The van der Waals surface area contributed by atoms with E-state index in [-0.39, 0.29) is 24.5 Å². The number of anilines is 2. The zero-order valence-electron chi connectivity index (χ0n) is 22.2. The van der Waals surface area contributed by atoms with Crippen molar-refractivity contribution >= 4 is 34.0 Å². The van der Waals surface area contributed by atoms with Crippen LogP contribution in [0.15, 0.2) is 24.3 Å². The van der Waals surface area contributed by atoms with E-state index in [4.69, 9.17) is 14.2 Å². The molecule has 0 saturated carbocycles. The molecule has 5 rings (SSSR count). The second-order valence-corrected chi connectivity index (χ2v) is 10.7. The Kier molecular flexibility index (Phi) is 7.67. The first kappa shape index (κ1) is 27.8. The minimum atomic E-state index is -4.62. The number of hydrogen-bond donors (Lipinski definition) is 2. The maximum atomic E-state index is 14.2. The molecule has 3 aromatic rings. The third-order valence-electron chi connectivity index (χ3n) is 7.11. The minimum absolute atomic E-state index is 0.0506. The third-order valence-corrected chi connectivity index (χ3v) is 8.32. The second-order valence-electron chi connectivity index (χ2n) is 9.55. The van der Waals surface area contributed by atoms with Gasteiger partial charge < -0.3 is 24.8 Å². The Morgan fingerprint density at radius 2 is 1.90 bits per heavy atom. The van der Waals surface area contributed by atoms with Gasteiger partial charge in [0, 0.05) is 17.4 Å². The van der Waals surface area contributed by atoms with Crippen molar-refractivity contribution in [1.82, 2.24) is 9.78 Å². The van der Waals surface area contributed by atoms with Crippen LogP contribution in [0, 0.1) is 0 Å². The van der Waals surface area contributed by atoms with Crippen LogP contribution in [0.5, 0.6) is 11.5 Å². The van der Waals surface area contributed by atoms with Crippen LogP contribution < -0.4 is 20.1 Å². The molecule has 40 heavy (non-hydrogen) atoms. The van der Waals surface area contributed by atoms with Crippen LogP contribution >= 0.6 is 11.3 Å². The number of ether oxygens (including phenoxy) is 3. The number of nitrogens with zero attached hydrogens (tertiary/aromatic N) is 2. The van der Waals surface area contributed by atoms with Crippen molar-refractivity contribution in [3.63, 3.8) is 0 Å². The molecule has 9 nitrogen and oxygen atoms in total. The molecule has 0 bridgehead atoms. The van der Waals surface area contributed by atoms with E-state index in [0.717, 1.165) is 34.4 Å². The van der Waals surface area contributed by atoms with Crippen molar-refractivity contribution in [1.29, 1.82) is 0 Å². The number of hydrogen-bond acceptors (Lipinski definition) is 8. The molecule has 1 amide bonds. The molecule has 13 heteroatoms. The van der Waals surface area contributed by atoms with Gasteiger partial charge in [0.1, 0.15) is 10.8 Å². The maximum Gasteiger partial charge on any atom is 0.410 e. The van der Waals surface area contributed by atoms with Gasteiger partial charge in [0.15, 0.2) is 23.2 Å². The number of methoxy groups -OCH3 is 2. The topological polar surface area (TPSA) is 104 Å². The number of rotatable bonds is 7. The molecule has 1 aromatic carbocycles. The second kappa shape index (κ2) is 11.0. The van der Waals surface area contributed by atoms with Gasteiger partial charge in [-0.15, -0.1) is 11.3 Å². The molecule has 1 aliphatic carbocycles. The SMILES string of the molecule is CCOC(=O)c1c(NC(=O)c2cc3n(n2)[C@H](C(F)(F)F)C[C@@H](c2ccc(OC)c(OC)c2)N3)sc2c1CCCC2. The molecule has 1 aliphatic heterocycles. The monoisotopic (exact) mass is 578 g/mol. The maximum absolute atomic E-state index is 14.2. The summed E-state index contributed by atoms with van der Waals surface area (Å²) in [6.45, 7) is 1.88. The lowest BCUT2D eigenvalue weighted by Gasteiger charge is -2.33. The summed E-state index contributed by atoms with van der Waals surface area (Å²) in [5.41, 5.74) is 1.55. The van der Waals surface area contributed by atoms with Crippen molar-refractivity contribution in [2.24, 2.45) is 0 Å². The fourth-order valence-electron chi connectivity index (χ4n) is 5.21. The van der Waals surface area contributed by atoms with Gasteiger partial charge in [0.25, 0.3) is 5.91 Å². The molecule has 0 radical (unpaired) electrons. The summed E-state index contributed by atoms with van der Waals surface area (Å²) in [4.78, 5) is 27.0. The number of carbonyl (C=O) groups is 2. The molecular formula is C27H29F3N4O5S. The Balaban J connectivity index is 1.45. The van der Waals surface area contributed by atoms with Crippen molar-refractivity contribution in [2.75, 3.05) is 31.5 Å². The van der Waals surface area contributed by atoms with Crippen molar-refractivity contribution in [2.45, 2.75) is 57.3 Å². The standard InChI is InChI=1S/C27H29F3N4O5S/c1-4-39-26(36)23-15-7-5-6-8-20(15)40-25(23)32-24(35)17-13-22-31-16(12-21(27(28,29)30)34(22)33-17)14-9-10-18(37-2)19(11-14)38-3/h9-11,13,16,21,31H,4-8,12H2,1-3H3,(H,32,35)/t16-,21-/m0/s1. The highest BCUT2D eigenvalue weighted by atomic mass is 32.1. The van der Waals surface area contributed by atoms with Gasteiger partial charge in [-0.3, -0.25) is 4.79 Å². The number of benzene rings is 1. The van der Waals surface area contributed by atoms with Crippen molar-refractivity contribution < 1.29 is 37.0 Å². The zero-order chi connectivity index (χ0) is 28.6. The zero-order valence-corrected chi connectivity index (χ0v) is 23.0. The van der Waals surface area contributed by atoms with Gasteiger partial charge in [-0.1, -0.05) is 6.07 Å². The van der Waals surface area contributed by atoms with Crippen molar-refractivity contribution in [3.05, 3.63) is 51.5 Å². The highest BCUT2D eigenvalue weighted by Gasteiger charge is 2.47. The van der Waals surface area contributed by atoms with Gasteiger partial charge in [0.2, 0.25) is 0 Å². The molecule has 2 aromatic heterocycles. The highest BCUT2D eigenvalue weighted by Crippen LogP contribution is 2.45. The van der Waals surface area contributed by atoms with E-state index in [1.807, 2.05) is 0 Å². The molecule has 0 unspecified atom stereocenters. The number of nitrogens with one attached hydrogen (secondary N) is 2. The average molecular weight is 579 g/mol. The van der Waals surface area contributed by atoms with Gasteiger partial charge in [-0.05, 0) is 55.9 Å². The van der Waals surface area contributed by atoms with E-state index in [2.05, 4.69) is 15.7 Å². The van der Waals surface area contributed by atoms with Crippen LogP contribution in [0.3, 0.4) is 0 Å². The molecule has 2 atom stereocenters. The highest BCUT2D eigenvalue weighted by molar-refractivity contribution is 7.17. The summed E-state index contributed by atoms with van der Waals surface area (Å²) in [5, 5.41) is 10.2. The van der Waals surface area contributed by atoms with E-state index in [1.165, 1.54) is 31.6 Å². The predicted molar refractivity (Wildman–Crippen MR) is 143 cm³/mol. The number of halogens is 3. The quantitative estimate of drug-likeness (QED) is 0.335. The number of amides is 1. The van der Waals surface area contributed by atoms with Crippen LogP contribution in [-0.2, 0) is 17.6 Å². The Hall–Kier alpha value is -3.74. The van der Waals surface area contributed by atoms with E-state index < -0.39 is 30.1 Å². The minimum Gasteiger partial charge on any atom is -0.493 e. The van der Waals surface area contributed by atoms with Crippen LogP contribution in [0.25, 0.3) is 0 Å². The molecule has 2 aliphatic rings. The largest absolute Gasteiger partial charge is 0.493 e. The first-order valence-corrected chi connectivity index (χ1v) is 13.7. The van der Waals surface area contributed by atoms with E-state index in [1.54, 1.807) is 25.1 Å². The van der Waals surface area contributed by atoms with Crippen LogP contribution in [-0.4, -0.2) is 48.7 Å². The lowest BCUT2D eigenvalue weighted by molar-refractivity contribution is -0.173. The van der Waals surface area contributed by atoms with Crippen LogP contribution in [0.1, 0.15) is 75.1 Å². The summed E-state index contributed by atoms with van der Waals surface area (Å²) in [6.07, 6.45) is -1.58. The first-order chi connectivity index (χ1) is 19.1. The number of esters is 1. The Morgan fingerprint density at radius 1 is 1.15 bits per heavy atom. The van der Waals surface area contributed by atoms with Gasteiger partial charge in [-0.25, -0.2) is 9.48 Å². The smallest absolute Gasteiger partial charge is 0.410 e. The molecular weight excluding hydrogens is 549 g/mol. The third kappa shape index (κ3) is 5.21. The molecule has 0 saturated heterocycles. The number of alkyl halides is 3. The summed E-state index contributed by atoms with van der Waals surface area (Å²) < 4.78 is 59.2. The summed E-state index contributed by atoms with van der Waals surface area (Å²) in [7, 11) is 2.92. The van der Waals surface area contributed by atoms with Crippen molar-refractivity contribution in [3.8, 4) is 11.5 Å². The Labute approximate surface area is 232 Å². The Bertz CT molecular complexity index is 1430. The number of carbonyl (C=O) groups excluding carboxylic acids is 2. The summed E-state index contributed by atoms with van der Waals surface area (Å²) >= 11 is 1.30. The van der Waals surface area contributed by atoms with Gasteiger partial charge in [-0.2, -0.15) is 18.3 Å². The Morgan fingerprint density at radius 3 is 2.60 bits per heavy atom. The number of aryl methyl sites for hydroxylation is 1.